The normalized spacial score (nSPS) is 27.6. The van der Waals surface area contributed by atoms with Crippen LogP contribution in [0.15, 0.2) is 11.5 Å². The first-order chi connectivity index (χ1) is 9.31. The van der Waals surface area contributed by atoms with Gasteiger partial charge in [-0.1, -0.05) is 26.7 Å². The largest absolute Gasteiger partial charge is 0.374 e. The Hall–Kier alpha value is -0.620. The van der Waals surface area contributed by atoms with Crippen molar-refractivity contribution in [1.29, 1.82) is 0 Å². The molecule has 1 saturated heterocycles. The van der Waals surface area contributed by atoms with Crippen molar-refractivity contribution in [3.05, 3.63) is 11.5 Å². The fourth-order valence-electron chi connectivity index (χ4n) is 3.11. The number of halogens is 1. The van der Waals surface area contributed by atoms with E-state index in [1.165, 1.54) is 0 Å². The summed E-state index contributed by atoms with van der Waals surface area (Å²) < 4.78 is 41.4. The lowest BCUT2D eigenvalue weighted by atomic mass is 10.1. The van der Waals surface area contributed by atoms with Gasteiger partial charge in [0.2, 0.25) is 10.0 Å². The fourth-order valence-corrected chi connectivity index (χ4v) is 4.88. The number of allylic oxidation sites excluding steroid dienone is 1. The molecule has 2 aliphatic rings. The lowest BCUT2D eigenvalue weighted by molar-refractivity contribution is 0.414. The van der Waals surface area contributed by atoms with Gasteiger partial charge in [-0.05, 0) is 12.8 Å². The highest BCUT2D eigenvalue weighted by molar-refractivity contribution is 7.90. The van der Waals surface area contributed by atoms with Crippen LogP contribution in [-0.2, 0) is 10.0 Å². The van der Waals surface area contributed by atoms with Crippen LogP contribution in [0.2, 0.25) is 0 Å². The predicted octanol–water partition coefficient (Wildman–Crippen LogP) is 2.39. The molecule has 4 nitrogen and oxygen atoms in total. The Balaban J connectivity index is 2.04. The third kappa shape index (κ3) is 3.34. The van der Waals surface area contributed by atoms with Crippen LogP contribution in [0.5, 0.6) is 0 Å². The topological polar surface area (TPSA) is 49.4 Å². The summed E-state index contributed by atoms with van der Waals surface area (Å²) >= 11 is 0. The molecule has 1 heterocycles. The number of rotatable bonds is 4. The number of hydrogen-bond donors (Lipinski definition) is 1. The molecule has 2 rings (SSSR count). The maximum Gasteiger partial charge on any atom is 0.214 e. The summed E-state index contributed by atoms with van der Waals surface area (Å²) in [6, 6.07) is -0.204. The Kier molecular flexibility index (Phi) is 4.74. The average molecular weight is 304 g/mol. The van der Waals surface area contributed by atoms with Gasteiger partial charge < -0.3 is 4.90 Å². The molecule has 0 spiro atoms. The molecular formula is C14H25FN2O2S. The van der Waals surface area contributed by atoms with Gasteiger partial charge >= 0.3 is 0 Å². The van der Waals surface area contributed by atoms with Gasteiger partial charge in [0.05, 0.1) is 5.25 Å². The smallest absolute Gasteiger partial charge is 0.214 e. The Morgan fingerprint density at radius 2 is 1.95 bits per heavy atom. The molecule has 1 N–H and O–H groups in total. The second-order valence-corrected chi connectivity index (χ2v) is 8.29. The van der Waals surface area contributed by atoms with E-state index in [9.17, 15) is 12.8 Å². The molecule has 2 fully saturated rings. The van der Waals surface area contributed by atoms with E-state index in [2.05, 4.69) is 4.72 Å². The zero-order chi connectivity index (χ0) is 14.9. The van der Waals surface area contributed by atoms with Crippen LogP contribution in [0.4, 0.5) is 4.39 Å². The van der Waals surface area contributed by atoms with Gasteiger partial charge in [-0.25, -0.2) is 17.5 Å². The number of hydrogen-bond acceptors (Lipinski definition) is 3. The molecule has 20 heavy (non-hydrogen) atoms. The Bertz CT molecular complexity index is 481. The van der Waals surface area contributed by atoms with Gasteiger partial charge in [0.25, 0.3) is 0 Å². The first-order valence-corrected chi connectivity index (χ1v) is 8.96. The van der Waals surface area contributed by atoms with E-state index in [0.717, 1.165) is 25.7 Å². The maximum absolute atomic E-state index is 14.0. The van der Waals surface area contributed by atoms with Gasteiger partial charge in [0, 0.05) is 37.7 Å². The minimum absolute atomic E-state index is 0.130. The first-order valence-electron chi connectivity index (χ1n) is 7.42. The van der Waals surface area contributed by atoms with Crippen LogP contribution in [0.3, 0.4) is 0 Å². The zero-order valence-corrected chi connectivity index (χ0v) is 13.3. The molecule has 1 aliphatic heterocycles. The van der Waals surface area contributed by atoms with Crippen molar-refractivity contribution in [2.24, 2.45) is 5.92 Å². The molecule has 0 radical (unpaired) electrons. The SMILES string of the molecule is CC(C)/C(F)=C1/CC(NS(=O)(=O)C2CCCC2)CN1C. The number of nitrogens with one attached hydrogen (secondary N) is 1. The Labute approximate surface area is 121 Å². The molecule has 1 aliphatic carbocycles. The highest BCUT2D eigenvalue weighted by Crippen LogP contribution is 2.29. The summed E-state index contributed by atoms with van der Waals surface area (Å²) in [5, 5.41) is -0.254. The van der Waals surface area contributed by atoms with E-state index in [4.69, 9.17) is 0 Å². The van der Waals surface area contributed by atoms with Crippen LogP contribution in [0.1, 0.15) is 46.0 Å². The quantitative estimate of drug-likeness (QED) is 0.867. The second-order valence-electron chi connectivity index (χ2n) is 6.30. The van der Waals surface area contributed by atoms with Crippen LogP contribution in [-0.4, -0.2) is 38.2 Å². The molecular weight excluding hydrogens is 279 g/mol. The lowest BCUT2D eigenvalue weighted by Crippen LogP contribution is -2.41. The van der Waals surface area contributed by atoms with E-state index in [1.54, 1.807) is 0 Å². The average Bonchev–Trinajstić information content (AvgIpc) is 2.97. The molecule has 0 bridgehead atoms. The van der Waals surface area contributed by atoms with E-state index in [1.807, 2.05) is 25.8 Å². The Morgan fingerprint density at radius 1 is 1.35 bits per heavy atom. The number of nitrogens with zero attached hydrogens (tertiary/aromatic N) is 1. The monoisotopic (exact) mass is 304 g/mol. The summed E-state index contributed by atoms with van der Waals surface area (Å²) in [5.74, 6) is -0.285. The first kappa shape index (κ1) is 15.8. The van der Waals surface area contributed by atoms with Crippen molar-refractivity contribution in [2.45, 2.75) is 57.2 Å². The highest BCUT2D eigenvalue weighted by atomic mass is 32.2. The van der Waals surface area contributed by atoms with Crippen molar-refractivity contribution in [2.75, 3.05) is 13.6 Å². The van der Waals surface area contributed by atoms with Crippen molar-refractivity contribution < 1.29 is 12.8 Å². The maximum atomic E-state index is 14.0. The van der Waals surface area contributed by atoms with Crippen LogP contribution >= 0.6 is 0 Å². The summed E-state index contributed by atoms with van der Waals surface area (Å²) in [7, 11) is -1.44. The predicted molar refractivity (Wildman–Crippen MR) is 78.3 cm³/mol. The molecule has 6 heteroatoms. The third-order valence-corrected chi connectivity index (χ3v) is 6.26. The lowest BCUT2D eigenvalue weighted by Gasteiger charge is -2.17. The van der Waals surface area contributed by atoms with Crippen molar-refractivity contribution in [3.8, 4) is 0 Å². The van der Waals surface area contributed by atoms with Crippen LogP contribution in [0.25, 0.3) is 0 Å². The number of likely N-dealkylation sites (tertiary alicyclic amines) is 1. The van der Waals surface area contributed by atoms with E-state index in [-0.39, 0.29) is 23.0 Å². The van der Waals surface area contributed by atoms with Crippen LogP contribution in [0, 0.1) is 5.92 Å². The minimum Gasteiger partial charge on any atom is -0.374 e. The Morgan fingerprint density at radius 3 is 2.50 bits per heavy atom. The van der Waals surface area contributed by atoms with Crippen LogP contribution < -0.4 is 4.72 Å². The van der Waals surface area contributed by atoms with Gasteiger partial charge in [0.1, 0.15) is 5.83 Å². The third-order valence-electron chi connectivity index (χ3n) is 4.25. The van der Waals surface area contributed by atoms with Crippen molar-refractivity contribution >= 4 is 10.0 Å². The molecule has 0 aromatic heterocycles. The minimum atomic E-state index is -3.26. The number of sulfonamides is 1. The molecule has 1 unspecified atom stereocenters. The zero-order valence-electron chi connectivity index (χ0n) is 12.5. The van der Waals surface area contributed by atoms with E-state index >= 15 is 0 Å². The molecule has 116 valence electrons. The second kappa shape index (κ2) is 6.02. The van der Waals surface area contributed by atoms with Gasteiger partial charge in [-0.15, -0.1) is 0 Å². The summed E-state index contributed by atoms with van der Waals surface area (Å²) in [6.45, 7) is 4.17. The summed E-state index contributed by atoms with van der Waals surface area (Å²) in [5.41, 5.74) is 0.638. The van der Waals surface area contributed by atoms with E-state index in [0.29, 0.717) is 18.7 Å². The molecule has 0 aromatic carbocycles. The summed E-state index contributed by atoms with van der Waals surface area (Å²) in [4.78, 5) is 1.83. The highest BCUT2D eigenvalue weighted by Gasteiger charge is 2.34. The van der Waals surface area contributed by atoms with E-state index < -0.39 is 10.0 Å². The van der Waals surface area contributed by atoms with Crippen molar-refractivity contribution in [1.82, 2.24) is 9.62 Å². The standard InChI is InChI=1S/C14H25FN2O2S/c1-10(2)14(15)13-8-11(9-17(13)3)16-20(18,19)12-6-4-5-7-12/h10-12,16H,4-9H2,1-3H3/b14-13+. The molecule has 1 atom stereocenters. The van der Waals surface area contributed by atoms with Gasteiger partial charge in [0.15, 0.2) is 0 Å². The van der Waals surface area contributed by atoms with Crippen molar-refractivity contribution in [3.63, 3.8) is 0 Å². The summed E-state index contributed by atoms with van der Waals surface area (Å²) in [6.07, 6.45) is 3.93. The fraction of sp³-hybridized carbons (Fsp3) is 0.857. The molecule has 0 amide bonds. The van der Waals surface area contributed by atoms with Gasteiger partial charge in [-0.2, -0.15) is 0 Å². The number of likely N-dealkylation sites (N-methyl/N-ethyl adjacent to an activating group) is 1. The molecule has 1 saturated carbocycles. The van der Waals surface area contributed by atoms with Gasteiger partial charge in [-0.3, -0.25) is 0 Å². The molecule has 0 aromatic rings.